The van der Waals surface area contributed by atoms with E-state index in [2.05, 4.69) is 22.0 Å². The number of rotatable bonds is 8. The molecule has 0 saturated carbocycles. The van der Waals surface area contributed by atoms with Crippen LogP contribution in [0.4, 0.5) is 5.69 Å². The third-order valence-electron chi connectivity index (χ3n) is 7.02. The average Bonchev–Trinajstić information content (AvgIpc) is 2.96. The Hall–Kier alpha value is -4.13. The summed E-state index contributed by atoms with van der Waals surface area (Å²) in [6, 6.07) is 25.8. The molecule has 3 aromatic carbocycles. The molecule has 2 heterocycles. The normalized spacial score (nSPS) is 13.6. The van der Waals surface area contributed by atoms with Gasteiger partial charge >= 0.3 is 0 Å². The highest BCUT2D eigenvalue weighted by Gasteiger charge is 2.23. The molecule has 1 aromatic heterocycles. The Bertz CT molecular complexity index is 1430. The molecule has 1 saturated heterocycles. The number of methoxy groups -OCH3 is 1. The topological polar surface area (TPSA) is 67.7 Å². The molecular weight excluding hydrogens is 464 g/mol. The fourth-order valence-corrected chi connectivity index (χ4v) is 4.99. The lowest BCUT2D eigenvalue weighted by Crippen LogP contribution is -2.49. The maximum atomic E-state index is 13.4. The smallest absolute Gasteiger partial charge is 0.272 e. The lowest BCUT2D eigenvalue weighted by atomic mass is 10.1. The Morgan fingerprint density at radius 2 is 1.57 bits per heavy atom. The van der Waals surface area contributed by atoms with Gasteiger partial charge < -0.3 is 19.1 Å². The molecule has 1 fully saturated rings. The second-order valence-corrected chi connectivity index (χ2v) is 9.28. The third-order valence-corrected chi connectivity index (χ3v) is 7.02. The quantitative estimate of drug-likeness (QED) is 0.370. The largest absolute Gasteiger partial charge is 0.495 e. The Kier molecular flexibility index (Phi) is 7.49. The fraction of sp³-hybridized carbons (Fsp3) is 0.300. The van der Waals surface area contributed by atoms with E-state index in [0.29, 0.717) is 31.7 Å². The van der Waals surface area contributed by atoms with E-state index in [4.69, 9.17) is 4.74 Å². The summed E-state index contributed by atoms with van der Waals surface area (Å²) >= 11 is 0. The highest BCUT2D eigenvalue weighted by Crippen LogP contribution is 2.28. The molecule has 0 unspecified atom stereocenters. The van der Waals surface area contributed by atoms with Crippen molar-refractivity contribution >= 4 is 22.6 Å². The summed E-state index contributed by atoms with van der Waals surface area (Å²) in [7, 11) is 1.68. The van der Waals surface area contributed by atoms with E-state index >= 15 is 0 Å². The van der Waals surface area contributed by atoms with Crippen molar-refractivity contribution in [2.24, 2.45) is 0 Å². The summed E-state index contributed by atoms with van der Waals surface area (Å²) in [5, 5.41) is 0. The number of anilines is 1. The molecule has 1 aliphatic heterocycles. The van der Waals surface area contributed by atoms with Crippen LogP contribution in [0, 0.1) is 0 Å². The van der Waals surface area contributed by atoms with Crippen molar-refractivity contribution in [1.29, 1.82) is 0 Å². The van der Waals surface area contributed by atoms with Crippen LogP contribution in [0.3, 0.4) is 0 Å². The zero-order chi connectivity index (χ0) is 25.6. The molecule has 1 aliphatic rings. The van der Waals surface area contributed by atoms with Gasteiger partial charge in [-0.05, 0) is 36.2 Å². The standard InChI is InChI=1S/C30H32N4O3/c1-37-28-14-8-7-13-27(28)32-19-21-33(22-20-32)29(35)16-15-25-30(36)34(18-17-23-9-3-2-4-10-23)26-12-6-5-11-24(26)31-25/h2-14H,15-22H2,1H3. The molecule has 7 heteroatoms. The number of hydrogen-bond donors (Lipinski definition) is 0. The third kappa shape index (κ3) is 5.50. The van der Waals surface area contributed by atoms with Crippen LogP contribution in [-0.2, 0) is 24.2 Å². The van der Waals surface area contributed by atoms with Gasteiger partial charge in [-0.15, -0.1) is 0 Å². The number of benzene rings is 3. The molecule has 0 radical (unpaired) electrons. The van der Waals surface area contributed by atoms with Crippen LogP contribution in [0.1, 0.15) is 17.7 Å². The number of fused-ring (bicyclic) bond motifs is 1. The Morgan fingerprint density at radius 1 is 0.865 bits per heavy atom. The van der Waals surface area contributed by atoms with Gasteiger partial charge in [-0.3, -0.25) is 9.59 Å². The van der Waals surface area contributed by atoms with Crippen LogP contribution < -0.4 is 15.2 Å². The van der Waals surface area contributed by atoms with Crippen LogP contribution >= 0.6 is 0 Å². The summed E-state index contributed by atoms with van der Waals surface area (Å²) in [6.45, 7) is 3.34. The number of carbonyl (C=O) groups excluding carboxylic acids is 1. The number of para-hydroxylation sites is 4. The zero-order valence-electron chi connectivity index (χ0n) is 21.2. The van der Waals surface area contributed by atoms with E-state index in [1.807, 2.05) is 71.6 Å². The SMILES string of the molecule is COc1ccccc1N1CCN(C(=O)CCc2nc3ccccc3n(CCc3ccccc3)c2=O)CC1. The second-order valence-electron chi connectivity index (χ2n) is 9.28. The van der Waals surface area contributed by atoms with Crippen molar-refractivity contribution in [3.05, 3.63) is 100 Å². The molecule has 0 aliphatic carbocycles. The predicted octanol–water partition coefficient (Wildman–Crippen LogP) is 3.93. The van der Waals surface area contributed by atoms with Crippen molar-refractivity contribution in [1.82, 2.24) is 14.5 Å². The van der Waals surface area contributed by atoms with E-state index in [9.17, 15) is 9.59 Å². The van der Waals surface area contributed by atoms with Gasteiger partial charge in [-0.1, -0.05) is 54.6 Å². The van der Waals surface area contributed by atoms with Gasteiger partial charge in [0.1, 0.15) is 11.4 Å². The molecule has 7 nitrogen and oxygen atoms in total. The first kappa shape index (κ1) is 24.6. The first-order chi connectivity index (χ1) is 18.1. The highest BCUT2D eigenvalue weighted by atomic mass is 16.5. The number of aromatic nitrogens is 2. The van der Waals surface area contributed by atoms with E-state index in [1.165, 1.54) is 5.56 Å². The summed E-state index contributed by atoms with van der Waals surface area (Å²) in [5.41, 5.74) is 4.18. The number of nitrogens with zero attached hydrogens (tertiary/aromatic N) is 4. The molecule has 0 bridgehead atoms. The number of amides is 1. The monoisotopic (exact) mass is 496 g/mol. The summed E-state index contributed by atoms with van der Waals surface area (Å²) in [4.78, 5) is 35.3. The Balaban J connectivity index is 1.25. The second kappa shape index (κ2) is 11.3. The number of piperazine rings is 1. The average molecular weight is 497 g/mol. The lowest BCUT2D eigenvalue weighted by Gasteiger charge is -2.36. The first-order valence-corrected chi connectivity index (χ1v) is 12.8. The number of carbonyl (C=O) groups is 1. The van der Waals surface area contributed by atoms with E-state index in [-0.39, 0.29) is 17.9 Å². The Morgan fingerprint density at radius 3 is 2.35 bits per heavy atom. The van der Waals surface area contributed by atoms with E-state index in [1.54, 1.807) is 11.7 Å². The molecule has 5 rings (SSSR count). The minimum absolute atomic E-state index is 0.0601. The van der Waals surface area contributed by atoms with Crippen molar-refractivity contribution in [3.8, 4) is 5.75 Å². The first-order valence-electron chi connectivity index (χ1n) is 12.8. The zero-order valence-corrected chi connectivity index (χ0v) is 21.2. The maximum Gasteiger partial charge on any atom is 0.272 e. The summed E-state index contributed by atoms with van der Waals surface area (Å²) < 4.78 is 7.30. The van der Waals surface area contributed by atoms with Gasteiger partial charge in [0, 0.05) is 45.6 Å². The molecule has 37 heavy (non-hydrogen) atoms. The van der Waals surface area contributed by atoms with E-state index in [0.717, 1.165) is 42.0 Å². The summed E-state index contributed by atoms with van der Waals surface area (Å²) in [6.07, 6.45) is 1.36. The molecule has 190 valence electrons. The number of ether oxygens (including phenoxy) is 1. The highest BCUT2D eigenvalue weighted by molar-refractivity contribution is 5.77. The van der Waals surface area contributed by atoms with Gasteiger partial charge in [0.15, 0.2) is 0 Å². The van der Waals surface area contributed by atoms with Crippen LogP contribution in [0.5, 0.6) is 5.75 Å². The maximum absolute atomic E-state index is 13.4. The number of hydrogen-bond acceptors (Lipinski definition) is 5. The molecule has 1 amide bonds. The minimum atomic E-state index is -0.108. The molecule has 0 N–H and O–H groups in total. The lowest BCUT2D eigenvalue weighted by molar-refractivity contribution is -0.131. The molecule has 4 aromatic rings. The Labute approximate surface area is 216 Å². The van der Waals surface area contributed by atoms with Gasteiger partial charge in [-0.25, -0.2) is 4.98 Å². The van der Waals surface area contributed by atoms with Crippen LogP contribution in [0.25, 0.3) is 11.0 Å². The van der Waals surface area contributed by atoms with Gasteiger partial charge in [0.05, 0.1) is 23.8 Å². The van der Waals surface area contributed by atoms with Gasteiger partial charge in [0.25, 0.3) is 5.56 Å². The number of aryl methyl sites for hydroxylation is 3. The van der Waals surface area contributed by atoms with Crippen LogP contribution in [0.2, 0.25) is 0 Å². The van der Waals surface area contributed by atoms with Crippen LogP contribution in [-0.4, -0.2) is 53.6 Å². The van der Waals surface area contributed by atoms with Crippen molar-refractivity contribution in [2.75, 3.05) is 38.2 Å². The van der Waals surface area contributed by atoms with Crippen LogP contribution in [0.15, 0.2) is 83.7 Å². The molecule has 0 spiro atoms. The molecular formula is C30H32N4O3. The van der Waals surface area contributed by atoms with E-state index < -0.39 is 0 Å². The fourth-order valence-electron chi connectivity index (χ4n) is 4.99. The minimum Gasteiger partial charge on any atom is -0.495 e. The van der Waals surface area contributed by atoms with Crippen molar-refractivity contribution in [2.45, 2.75) is 25.8 Å². The van der Waals surface area contributed by atoms with Crippen molar-refractivity contribution < 1.29 is 9.53 Å². The van der Waals surface area contributed by atoms with Crippen molar-refractivity contribution in [3.63, 3.8) is 0 Å². The molecule has 0 atom stereocenters. The predicted molar refractivity (Wildman–Crippen MR) is 146 cm³/mol. The van der Waals surface area contributed by atoms with Gasteiger partial charge in [0.2, 0.25) is 5.91 Å². The van der Waals surface area contributed by atoms with Gasteiger partial charge in [-0.2, -0.15) is 0 Å². The summed E-state index contributed by atoms with van der Waals surface area (Å²) in [5.74, 6) is 0.901.